The van der Waals surface area contributed by atoms with Crippen LogP contribution in [0.25, 0.3) is 0 Å². The SMILES string of the molecule is COc1cccc(N=C2SC(C(=O)Nc3ccc(C)c(Cl)c3)CC(=O)N2C)c1. The van der Waals surface area contributed by atoms with Crippen molar-refractivity contribution in [1.29, 1.82) is 0 Å². The van der Waals surface area contributed by atoms with E-state index in [9.17, 15) is 9.59 Å². The van der Waals surface area contributed by atoms with Crippen molar-refractivity contribution in [2.24, 2.45) is 4.99 Å². The third-order valence-corrected chi connectivity index (χ3v) is 5.93. The summed E-state index contributed by atoms with van der Waals surface area (Å²) in [6.07, 6.45) is 0.101. The van der Waals surface area contributed by atoms with E-state index in [1.54, 1.807) is 32.4 Å². The third kappa shape index (κ3) is 4.66. The standard InChI is InChI=1S/C20H20ClN3O3S/c1-12-7-8-14(10-16(12)21)22-19(26)17-11-18(25)24(2)20(28-17)23-13-5-4-6-15(9-13)27-3/h4-10,17H,11H2,1-3H3,(H,22,26). The number of rotatable bonds is 4. The first kappa shape index (κ1) is 20.2. The van der Waals surface area contributed by atoms with Crippen molar-refractivity contribution in [3.05, 3.63) is 53.1 Å². The van der Waals surface area contributed by atoms with Crippen molar-refractivity contribution < 1.29 is 14.3 Å². The van der Waals surface area contributed by atoms with Gasteiger partial charge in [0.15, 0.2) is 5.17 Å². The van der Waals surface area contributed by atoms with E-state index in [2.05, 4.69) is 10.3 Å². The number of thioether (sulfide) groups is 1. The van der Waals surface area contributed by atoms with E-state index in [4.69, 9.17) is 16.3 Å². The lowest BCUT2D eigenvalue weighted by atomic mass is 10.2. The van der Waals surface area contributed by atoms with Crippen LogP contribution < -0.4 is 10.1 Å². The molecule has 0 spiro atoms. The highest BCUT2D eigenvalue weighted by molar-refractivity contribution is 8.15. The van der Waals surface area contributed by atoms with Crippen LogP contribution in [0.5, 0.6) is 5.75 Å². The number of amides is 2. The fourth-order valence-electron chi connectivity index (χ4n) is 2.58. The zero-order valence-corrected chi connectivity index (χ0v) is 17.3. The molecule has 1 fully saturated rings. The van der Waals surface area contributed by atoms with Crippen LogP contribution in [0, 0.1) is 6.92 Å². The number of nitrogens with zero attached hydrogens (tertiary/aromatic N) is 2. The minimum absolute atomic E-state index is 0.101. The second-order valence-electron chi connectivity index (χ2n) is 6.31. The molecule has 1 heterocycles. The van der Waals surface area contributed by atoms with Gasteiger partial charge < -0.3 is 10.1 Å². The predicted octanol–water partition coefficient (Wildman–Crippen LogP) is 4.25. The van der Waals surface area contributed by atoms with Crippen molar-refractivity contribution in [3.63, 3.8) is 0 Å². The van der Waals surface area contributed by atoms with Crippen LogP contribution in [0.4, 0.5) is 11.4 Å². The highest BCUT2D eigenvalue weighted by Gasteiger charge is 2.34. The average molecular weight is 418 g/mol. The molecule has 0 aliphatic carbocycles. The van der Waals surface area contributed by atoms with Crippen LogP contribution in [-0.4, -0.2) is 41.3 Å². The molecule has 1 aliphatic heterocycles. The Morgan fingerprint density at radius 2 is 2.11 bits per heavy atom. The summed E-state index contributed by atoms with van der Waals surface area (Å²) in [6, 6.07) is 12.5. The predicted molar refractivity (Wildman–Crippen MR) is 114 cm³/mol. The van der Waals surface area contributed by atoms with Gasteiger partial charge in [0.25, 0.3) is 0 Å². The van der Waals surface area contributed by atoms with Gasteiger partial charge >= 0.3 is 0 Å². The number of amidine groups is 1. The number of aryl methyl sites for hydroxylation is 1. The van der Waals surface area contributed by atoms with E-state index in [1.807, 2.05) is 31.2 Å². The fraction of sp³-hybridized carbons (Fsp3) is 0.250. The van der Waals surface area contributed by atoms with Gasteiger partial charge in [-0.05, 0) is 36.8 Å². The number of anilines is 1. The molecule has 0 bridgehead atoms. The number of ether oxygens (including phenoxy) is 1. The van der Waals surface area contributed by atoms with E-state index >= 15 is 0 Å². The Balaban J connectivity index is 1.79. The molecule has 2 aromatic rings. The van der Waals surface area contributed by atoms with Crippen molar-refractivity contribution in [2.45, 2.75) is 18.6 Å². The highest BCUT2D eigenvalue weighted by atomic mass is 35.5. The molecule has 1 N–H and O–H groups in total. The first-order valence-corrected chi connectivity index (χ1v) is 9.86. The molecule has 0 aromatic heterocycles. The smallest absolute Gasteiger partial charge is 0.238 e. The van der Waals surface area contributed by atoms with Gasteiger partial charge in [0.2, 0.25) is 11.8 Å². The van der Waals surface area contributed by atoms with E-state index in [1.165, 1.54) is 16.7 Å². The molecule has 2 aromatic carbocycles. The van der Waals surface area contributed by atoms with Crippen LogP contribution in [0.3, 0.4) is 0 Å². The van der Waals surface area contributed by atoms with Gasteiger partial charge in [0.1, 0.15) is 11.0 Å². The van der Waals surface area contributed by atoms with Gasteiger partial charge in [-0.25, -0.2) is 4.99 Å². The number of hydrogen-bond acceptors (Lipinski definition) is 5. The molecule has 1 aliphatic rings. The summed E-state index contributed by atoms with van der Waals surface area (Å²) in [5.74, 6) is 0.245. The molecule has 8 heteroatoms. The molecule has 3 rings (SSSR count). The maximum absolute atomic E-state index is 12.7. The Morgan fingerprint density at radius 1 is 1.32 bits per heavy atom. The number of hydrogen-bond donors (Lipinski definition) is 1. The second kappa shape index (κ2) is 8.67. The van der Waals surface area contributed by atoms with Crippen LogP contribution >= 0.6 is 23.4 Å². The minimum Gasteiger partial charge on any atom is -0.497 e. The van der Waals surface area contributed by atoms with Gasteiger partial charge in [0.05, 0.1) is 12.8 Å². The number of halogens is 1. The molecule has 146 valence electrons. The van der Waals surface area contributed by atoms with E-state index in [-0.39, 0.29) is 18.2 Å². The number of carbonyl (C=O) groups is 2. The topological polar surface area (TPSA) is 71.0 Å². The molecule has 1 atom stereocenters. The minimum atomic E-state index is -0.576. The molecule has 0 radical (unpaired) electrons. The van der Waals surface area contributed by atoms with E-state index in [0.29, 0.717) is 27.3 Å². The molecule has 6 nitrogen and oxygen atoms in total. The fourth-order valence-corrected chi connectivity index (χ4v) is 3.83. The molecular formula is C20H20ClN3O3S. The number of benzene rings is 2. The number of nitrogens with one attached hydrogen (secondary N) is 1. The van der Waals surface area contributed by atoms with Crippen LogP contribution in [0.1, 0.15) is 12.0 Å². The van der Waals surface area contributed by atoms with Gasteiger partial charge in [-0.2, -0.15) is 0 Å². The Bertz CT molecular complexity index is 948. The largest absolute Gasteiger partial charge is 0.497 e. The van der Waals surface area contributed by atoms with Gasteiger partial charge in [-0.3, -0.25) is 14.5 Å². The Morgan fingerprint density at radius 3 is 2.82 bits per heavy atom. The number of aliphatic imine (C=N–C) groups is 1. The zero-order chi connectivity index (χ0) is 20.3. The van der Waals surface area contributed by atoms with Crippen molar-refractivity contribution in [3.8, 4) is 5.75 Å². The Hall–Kier alpha value is -2.51. The lowest BCUT2D eigenvalue weighted by Gasteiger charge is -2.28. The van der Waals surface area contributed by atoms with Crippen molar-refractivity contribution in [1.82, 2.24) is 4.90 Å². The number of carbonyl (C=O) groups excluding carboxylic acids is 2. The molecular weight excluding hydrogens is 398 g/mol. The Labute approximate surface area is 172 Å². The summed E-state index contributed by atoms with van der Waals surface area (Å²) >= 11 is 7.37. The van der Waals surface area contributed by atoms with E-state index < -0.39 is 5.25 Å². The van der Waals surface area contributed by atoms with E-state index in [0.717, 1.165) is 5.56 Å². The maximum Gasteiger partial charge on any atom is 0.238 e. The van der Waals surface area contributed by atoms with Crippen LogP contribution in [0.2, 0.25) is 5.02 Å². The van der Waals surface area contributed by atoms with Crippen LogP contribution in [-0.2, 0) is 9.59 Å². The molecule has 28 heavy (non-hydrogen) atoms. The number of methoxy groups -OCH3 is 1. The summed E-state index contributed by atoms with van der Waals surface area (Å²) in [7, 11) is 3.23. The summed E-state index contributed by atoms with van der Waals surface area (Å²) in [5, 5.41) is 3.29. The first-order valence-electron chi connectivity index (χ1n) is 8.60. The molecule has 1 saturated heterocycles. The molecule has 1 unspecified atom stereocenters. The lowest BCUT2D eigenvalue weighted by Crippen LogP contribution is -2.43. The van der Waals surface area contributed by atoms with Crippen LogP contribution in [0.15, 0.2) is 47.5 Å². The molecule has 2 amide bonds. The average Bonchev–Trinajstić information content (AvgIpc) is 2.68. The van der Waals surface area contributed by atoms with Crippen molar-refractivity contribution in [2.75, 3.05) is 19.5 Å². The van der Waals surface area contributed by atoms with Gasteiger partial charge in [-0.1, -0.05) is 35.5 Å². The summed E-state index contributed by atoms with van der Waals surface area (Å²) in [6.45, 7) is 1.89. The summed E-state index contributed by atoms with van der Waals surface area (Å²) in [5.41, 5.74) is 2.17. The quantitative estimate of drug-likeness (QED) is 0.807. The zero-order valence-electron chi connectivity index (χ0n) is 15.7. The second-order valence-corrected chi connectivity index (χ2v) is 7.89. The van der Waals surface area contributed by atoms with Crippen molar-refractivity contribution >= 4 is 51.7 Å². The lowest BCUT2D eigenvalue weighted by molar-refractivity contribution is -0.128. The van der Waals surface area contributed by atoms with Gasteiger partial charge in [0, 0.05) is 30.2 Å². The monoisotopic (exact) mass is 417 g/mol. The highest BCUT2D eigenvalue weighted by Crippen LogP contribution is 2.30. The third-order valence-electron chi connectivity index (χ3n) is 4.28. The Kier molecular flexibility index (Phi) is 6.26. The normalized spacial score (nSPS) is 18.3. The molecule has 0 saturated carbocycles. The summed E-state index contributed by atoms with van der Waals surface area (Å²) in [4.78, 5) is 31.1. The van der Waals surface area contributed by atoms with Gasteiger partial charge in [-0.15, -0.1) is 0 Å². The maximum atomic E-state index is 12.7. The first-order chi connectivity index (χ1) is 13.4. The summed E-state index contributed by atoms with van der Waals surface area (Å²) < 4.78 is 5.20.